The summed E-state index contributed by atoms with van der Waals surface area (Å²) in [6.45, 7) is 6.26. The summed E-state index contributed by atoms with van der Waals surface area (Å²) < 4.78 is 2.24. The molecule has 1 aliphatic rings. The van der Waals surface area contributed by atoms with Gasteiger partial charge in [0.25, 0.3) is 0 Å². The van der Waals surface area contributed by atoms with Crippen LogP contribution >= 0.6 is 23.1 Å². The molecule has 0 amide bonds. The number of fused-ring (bicyclic) bond motifs is 1. The number of hydrogen-bond acceptors (Lipinski definition) is 4. The van der Waals surface area contributed by atoms with E-state index in [1.54, 1.807) is 10.4 Å². The average Bonchev–Trinajstić information content (AvgIpc) is 3.10. The molecular formula is C15H21N3S2. The van der Waals surface area contributed by atoms with E-state index in [1.807, 2.05) is 29.3 Å². The summed E-state index contributed by atoms with van der Waals surface area (Å²) in [6.07, 6.45) is 5.21. The van der Waals surface area contributed by atoms with Crippen LogP contribution in [0.5, 0.6) is 0 Å². The van der Waals surface area contributed by atoms with Crippen LogP contribution in [0.25, 0.3) is 0 Å². The Morgan fingerprint density at radius 2 is 2.35 bits per heavy atom. The molecule has 0 saturated carbocycles. The molecule has 0 bridgehead atoms. The summed E-state index contributed by atoms with van der Waals surface area (Å²) in [4.78, 5) is 7.59. The highest BCUT2D eigenvalue weighted by atomic mass is 32.2. The summed E-state index contributed by atoms with van der Waals surface area (Å²) in [5.74, 6) is 3.58. The van der Waals surface area contributed by atoms with Gasteiger partial charge in [-0.2, -0.15) is 11.8 Å². The van der Waals surface area contributed by atoms with E-state index in [9.17, 15) is 0 Å². The zero-order valence-electron chi connectivity index (χ0n) is 12.1. The van der Waals surface area contributed by atoms with Crippen molar-refractivity contribution in [2.24, 2.45) is 0 Å². The van der Waals surface area contributed by atoms with E-state index >= 15 is 0 Å². The van der Waals surface area contributed by atoms with Crippen molar-refractivity contribution in [1.29, 1.82) is 0 Å². The van der Waals surface area contributed by atoms with E-state index in [0.29, 0.717) is 0 Å². The Morgan fingerprint density at radius 3 is 3.10 bits per heavy atom. The minimum absolute atomic E-state index is 0.232. The lowest BCUT2D eigenvalue weighted by atomic mass is 10.1. The monoisotopic (exact) mass is 307 g/mol. The topological polar surface area (TPSA) is 29.9 Å². The Hall–Kier alpha value is -0.780. The first kappa shape index (κ1) is 14.2. The molecule has 0 aromatic carbocycles. The predicted molar refractivity (Wildman–Crippen MR) is 87.6 cm³/mol. The minimum atomic E-state index is 0.232. The van der Waals surface area contributed by atoms with Crippen molar-refractivity contribution in [2.75, 3.05) is 12.3 Å². The fourth-order valence-corrected chi connectivity index (χ4v) is 5.13. The molecule has 0 saturated heterocycles. The Morgan fingerprint density at radius 1 is 1.45 bits per heavy atom. The van der Waals surface area contributed by atoms with Gasteiger partial charge in [0.1, 0.15) is 11.9 Å². The van der Waals surface area contributed by atoms with Gasteiger partial charge in [0, 0.05) is 34.4 Å². The maximum Gasteiger partial charge on any atom is 0.131 e. The molecule has 2 aromatic rings. The molecule has 3 rings (SSSR count). The molecule has 108 valence electrons. The van der Waals surface area contributed by atoms with Crippen LogP contribution in [0, 0.1) is 0 Å². The molecule has 0 radical (unpaired) electrons. The first-order valence-electron chi connectivity index (χ1n) is 7.27. The SMILES string of the molecule is CCNC(c1cc2c(s1)CCSC2)c1nccn1CC. The molecule has 1 aliphatic heterocycles. The molecule has 1 unspecified atom stereocenters. The van der Waals surface area contributed by atoms with Crippen LogP contribution in [0.4, 0.5) is 0 Å². The Labute approximate surface area is 128 Å². The highest BCUT2D eigenvalue weighted by Gasteiger charge is 2.23. The Kier molecular flexibility index (Phi) is 4.48. The maximum atomic E-state index is 4.59. The lowest BCUT2D eigenvalue weighted by Crippen LogP contribution is -2.24. The van der Waals surface area contributed by atoms with Gasteiger partial charge in [0.15, 0.2) is 0 Å². The summed E-state index contributed by atoms with van der Waals surface area (Å²) in [7, 11) is 0. The lowest BCUT2D eigenvalue weighted by molar-refractivity contribution is 0.565. The fraction of sp³-hybridized carbons (Fsp3) is 0.533. The van der Waals surface area contributed by atoms with Crippen LogP contribution in [-0.2, 0) is 18.7 Å². The zero-order chi connectivity index (χ0) is 13.9. The molecule has 1 atom stereocenters. The second-order valence-electron chi connectivity index (χ2n) is 4.96. The maximum absolute atomic E-state index is 4.59. The van der Waals surface area contributed by atoms with E-state index < -0.39 is 0 Å². The highest BCUT2D eigenvalue weighted by molar-refractivity contribution is 7.98. The van der Waals surface area contributed by atoms with Gasteiger partial charge in [-0.15, -0.1) is 11.3 Å². The van der Waals surface area contributed by atoms with Crippen molar-refractivity contribution < 1.29 is 0 Å². The number of aryl methyl sites for hydroxylation is 2. The molecule has 20 heavy (non-hydrogen) atoms. The second kappa shape index (κ2) is 6.33. The van der Waals surface area contributed by atoms with Crippen LogP contribution in [0.2, 0.25) is 0 Å². The van der Waals surface area contributed by atoms with Crippen LogP contribution in [0.1, 0.15) is 41.0 Å². The third kappa shape index (κ3) is 2.67. The smallest absolute Gasteiger partial charge is 0.131 e. The number of rotatable bonds is 5. The van der Waals surface area contributed by atoms with Crippen LogP contribution in [-0.4, -0.2) is 21.8 Å². The fourth-order valence-electron chi connectivity index (χ4n) is 2.68. The molecule has 3 heterocycles. The summed E-state index contributed by atoms with van der Waals surface area (Å²) in [5, 5.41) is 3.61. The van der Waals surface area contributed by atoms with E-state index in [2.05, 4.69) is 41.0 Å². The van der Waals surface area contributed by atoms with E-state index in [4.69, 9.17) is 0 Å². The normalized spacial score (nSPS) is 16.1. The van der Waals surface area contributed by atoms with Gasteiger partial charge in [-0.25, -0.2) is 4.98 Å². The summed E-state index contributed by atoms with van der Waals surface area (Å²) >= 11 is 4.02. The number of nitrogens with one attached hydrogen (secondary N) is 1. The molecular weight excluding hydrogens is 286 g/mol. The van der Waals surface area contributed by atoms with Crippen molar-refractivity contribution >= 4 is 23.1 Å². The Balaban J connectivity index is 1.96. The number of aromatic nitrogens is 2. The molecule has 0 spiro atoms. The van der Waals surface area contributed by atoms with Gasteiger partial charge >= 0.3 is 0 Å². The third-order valence-electron chi connectivity index (χ3n) is 3.69. The number of imidazole rings is 1. The van der Waals surface area contributed by atoms with Gasteiger partial charge in [-0.05, 0) is 37.3 Å². The lowest BCUT2D eigenvalue weighted by Gasteiger charge is -2.17. The first-order chi connectivity index (χ1) is 9.83. The van der Waals surface area contributed by atoms with Crippen LogP contribution in [0.3, 0.4) is 0 Å². The van der Waals surface area contributed by atoms with Gasteiger partial charge < -0.3 is 9.88 Å². The Bertz CT molecular complexity index is 550. The second-order valence-corrected chi connectivity index (χ2v) is 7.24. The van der Waals surface area contributed by atoms with Gasteiger partial charge in [-0.1, -0.05) is 6.92 Å². The number of nitrogens with zero attached hydrogens (tertiary/aromatic N) is 2. The zero-order valence-corrected chi connectivity index (χ0v) is 13.7. The van der Waals surface area contributed by atoms with Crippen molar-refractivity contribution in [3.63, 3.8) is 0 Å². The third-order valence-corrected chi connectivity index (χ3v) is 6.00. The van der Waals surface area contributed by atoms with E-state index in [1.165, 1.54) is 22.8 Å². The summed E-state index contributed by atoms with van der Waals surface area (Å²) in [6, 6.07) is 2.63. The van der Waals surface area contributed by atoms with E-state index in [-0.39, 0.29) is 6.04 Å². The number of hydrogen-bond donors (Lipinski definition) is 1. The van der Waals surface area contributed by atoms with Gasteiger partial charge in [0.05, 0.1) is 0 Å². The van der Waals surface area contributed by atoms with Gasteiger partial charge in [0.2, 0.25) is 0 Å². The molecule has 0 fully saturated rings. The standard InChI is InChI=1S/C15H21N3S2/c1-3-16-14(15-17-6-7-18(15)4-2)13-9-11-10-19-8-5-12(11)20-13/h6-7,9,14,16H,3-5,8,10H2,1-2H3. The molecule has 3 nitrogen and oxygen atoms in total. The van der Waals surface area contributed by atoms with Crippen LogP contribution in [0.15, 0.2) is 18.5 Å². The van der Waals surface area contributed by atoms with Gasteiger partial charge in [-0.3, -0.25) is 0 Å². The quantitative estimate of drug-likeness (QED) is 0.917. The molecule has 0 aliphatic carbocycles. The average molecular weight is 307 g/mol. The number of thiophene rings is 1. The van der Waals surface area contributed by atoms with Crippen molar-refractivity contribution in [1.82, 2.24) is 14.9 Å². The highest BCUT2D eigenvalue weighted by Crippen LogP contribution is 2.36. The van der Waals surface area contributed by atoms with Crippen LogP contribution < -0.4 is 5.32 Å². The molecule has 2 aromatic heterocycles. The van der Waals surface area contributed by atoms with Crippen molar-refractivity contribution in [3.05, 3.63) is 39.6 Å². The molecule has 1 N–H and O–H groups in total. The minimum Gasteiger partial charge on any atom is -0.334 e. The van der Waals surface area contributed by atoms with Crippen molar-refractivity contribution in [2.45, 2.75) is 38.6 Å². The predicted octanol–water partition coefficient (Wildman–Crippen LogP) is 3.45. The van der Waals surface area contributed by atoms with E-state index in [0.717, 1.165) is 18.9 Å². The molecule has 5 heteroatoms. The number of thioether (sulfide) groups is 1. The van der Waals surface area contributed by atoms with Crippen molar-refractivity contribution in [3.8, 4) is 0 Å². The summed E-state index contributed by atoms with van der Waals surface area (Å²) in [5.41, 5.74) is 1.54. The first-order valence-corrected chi connectivity index (χ1v) is 9.24. The largest absolute Gasteiger partial charge is 0.334 e.